The lowest BCUT2D eigenvalue weighted by molar-refractivity contribution is -0.116. The molecule has 0 spiro atoms. The fourth-order valence-corrected chi connectivity index (χ4v) is 4.73. The minimum Gasteiger partial charge on any atom is -0.493 e. The smallest absolute Gasteiger partial charge is 0.261 e. The van der Waals surface area contributed by atoms with E-state index >= 15 is 0 Å². The summed E-state index contributed by atoms with van der Waals surface area (Å²) >= 11 is 11.8. The summed E-state index contributed by atoms with van der Waals surface area (Å²) in [4.78, 5) is 16.8. The van der Waals surface area contributed by atoms with Gasteiger partial charge in [-0.15, -0.1) is 0 Å². The van der Waals surface area contributed by atoms with Gasteiger partial charge in [0.25, 0.3) is 10.0 Å². The van der Waals surface area contributed by atoms with Crippen LogP contribution in [0, 0.1) is 0 Å². The van der Waals surface area contributed by atoms with Crippen LogP contribution in [-0.2, 0) is 21.2 Å². The van der Waals surface area contributed by atoms with Crippen LogP contribution in [0.3, 0.4) is 0 Å². The van der Waals surface area contributed by atoms with Gasteiger partial charge >= 0.3 is 0 Å². The van der Waals surface area contributed by atoms with E-state index in [4.69, 9.17) is 37.2 Å². The van der Waals surface area contributed by atoms with Crippen LogP contribution in [0.4, 0.5) is 11.4 Å². The summed E-state index contributed by atoms with van der Waals surface area (Å²) < 4.78 is 43.5. The van der Waals surface area contributed by atoms with E-state index in [2.05, 4.69) is 20.2 Å². The molecule has 0 saturated heterocycles. The molecule has 13 heteroatoms. The molecular weight excluding hydrogens is 555 g/mol. The minimum atomic E-state index is -3.87. The number of ether oxygens (including phenoxy) is 2. The minimum absolute atomic E-state index is 0.00937. The number of hydrogen-bond acceptors (Lipinski definition) is 8. The zero-order valence-corrected chi connectivity index (χ0v) is 22.5. The van der Waals surface area contributed by atoms with Gasteiger partial charge in [0.1, 0.15) is 0 Å². The largest absolute Gasteiger partial charge is 0.493 e. The Hall–Kier alpha value is -3.80. The molecule has 0 unspecified atom stereocenters. The highest BCUT2D eigenvalue weighted by Gasteiger charge is 2.16. The normalized spacial score (nSPS) is 11.2. The fraction of sp³-hybridized carbons (Fsp3) is 0.160. The third kappa shape index (κ3) is 6.55. The molecule has 0 aliphatic rings. The highest BCUT2D eigenvalue weighted by Crippen LogP contribution is 2.31. The summed E-state index contributed by atoms with van der Waals surface area (Å²) in [5, 5.41) is 7.21. The third-order valence-electron chi connectivity index (χ3n) is 5.30. The number of anilines is 2. The van der Waals surface area contributed by atoms with Crippen LogP contribution in [0.25, 0.3) is 11.4 Å². The average molecular weight is 577 g/mol. The quantitative estimate of drug-likeness (QED) is 0.255. The molecule has 3 aromatic carbocycles. The van der Waals surface area contributed by atoms with Crippen LogP contribution in [0.1, 0.15) is 12.3 Å². The first-order chi connectivity index (χ1) is 18.2. The highest BCUT2D eigenvalue weighted by molar-refractivity contribution is 7.92. The number of aryl methyl sites for hydroxylation is 1. The topological polar surface area (TPSA) is 133 Å². The van der Waals surface area contributed by atoms with Gasteiger partial charge in [-0.1, -0.05) is 28.4 Å². The van der Waals surface area contributed by atoms with E-state index in [1.165, 1.54) is 49.6 Å². The SMILES string of the molecule is COc1ccc(-c2noc(CCC(=O)Nc3ccc(S(=O)(=O)Nc4ccc(Cl)c(Cl)c4)cc3)n2)cc1OC. The standard InChI is InChI=1S/C25H22Cl2N4O6S/c1-35-21-10-3-15(13-22(21)36-2)25-29-24(37-30-25)12-11-23(32)28-16-4-7-18(8-5-16)38(33,34)31-17-6-9-19(26)20(27)14-17/h3-10,13-14,31H,11-12H2,1-2H3,(H,28,32). The molecule has 0 radical (unpaired) electrons. The number of hydrogen-bond donors (Lipinski definition) is 2. The Bertz CT molecular complexity index is 1560. The molecule has 0 aliphatic heterocycles. The van der Waals surface area contributed by atoms with Crippen molar-refractivity contribution in [2.24, 2.45) is 0 Å². The van der Waals surface area contributed by atoms with Crippen molar-refractivity contribution < 1.29 is 27.2 Å². The monoisotopic (exact) mass is 576 g/mol. The van der Waals surface area contributed by atoms with E-state index in [0.29, 0.717) is 39.5 Å². The van der Waals surface area contributed by atoms with Gasteiger partial charge in [-0.2, -0.15) is 4.98 Å². The molecule has 38 heavy (non-hydrogen) atoms. The third-order valence-corrected chi connectivity index (χ3v) is 7.43. The van der Waals surface area contributed by atoms with Gasteiger partial charge in [-0.05, 0) is 60.7 Å². The molecular formula is C25H22Cl2N4O6S. The van der Waals surface area contributed by atoms with Crippen LogP contribution in [-0.4, -0.2) is 38.7 Å². The van der Waals surface area contributed by atoms with E-state index in [1.54, 1.807) is 25.3 Å². The summed E-state index contributed by atoms with van der Waals surface area (Å²) in [7, 11) is -0.796. The van der Waals surface area contributed by atoms with Crippen molar-refractivity contribution in [3.63, 3.8) is 0 Å². The van der Waals surface area contributed by atoms with Crippen molar-refractivity contribution in [1.82, 2.24) is 10.1 Å². The molecule has 0 aliphatic carbocycles. The van der Waals surface area contributed by atoms with Crippen molar-refractivity contribution in [2.75, 3.05) is 24.3 Å². The van der Waals surface area contributed by atoms with E-state index < -0.39 is 10.0 Å². The number of sulfonamides is 1. The molecule has 0 atom stereocenters. The summed E-state index contributed by atoms with van der Waals surface area (Å²) in [6.07, 6.45) is 0.290. The Morgan fingerprint density at radius 1 is 0.921 bits per heavy atom. The van der Waals surface area contributed by atoms with Gasteiger partial charge in [-0.3, -0.25) is 9.52 Å². The van der Waals surface area contributed by atoms with Crippen LogP contribution in [0.15, 0.2) is 70.1 Å². The molecule has 0 fully saturated rings. The molecule has 1 aromatic heterocycles. The van der Waals surface area contributed by atoms with Crippen LogP contribution in [0.2, 0.25) is 10.0 Å². The van der Waals surface area contributed by atoms with Crippen LogP contribution in [0.5, 0.6) is 11.5 Å². The number of aromatic nitrogens is 2. The second-order valence-electron chi connectivity index (χ2n) is 7.89. The zero-order valence-electron chi connectivity index (χ0n) is 20.2. The predicted octanol–water partition coefficient (Wildman–Crippen LogP) is 5.43. The number of carbonyl (C=O) groups excluding carboxylic acids is 1. The van der Waals surface area contributed by atoms with E-state index in [1.807, 2.05) is 0 Å². The molecule has 1 heterocycles. The van der Waals surface area contributed by atoms with Gasteiger partial charge in [0, 0.05) is 24.1 Å². The molecule has 4 rings (SSSR count). The number of benzene rings is 3. The first-order valence-electron chi connectivity index (χ1n) is 11.1. The average Bonchev–Trinajstić information content (AvgIpc) is 3.38. The van der Waals surface area contributed by atoms with Gasteiger partial charge in [0.15, 0.2) is 11.5 Å². The molecule has 2 N–H and O–H groups in total. The molecule has 198 valence electrons. The van der Waals surface area contributed by atoms with Crippen molar-refractivity contribution >= 4 is 50.5 Å². The van der Waals surface area contributed by atoms with Crippen molar-refractivity contribution in [1.29, 1.82) is 0 Å². The molecule has 1 amide bonds. The van der Waals surface area contributed by atoms with E-state index in [-0.39, 0.29) is 34.4 Å². The summed E-state index contributed by atoms with van der Waals surface area (Å²) in [5.41, 5.74) is 1.37. The first kappa shape index (κ1) is 27.2. The molecule has 0 bridgehead atoms. The summed E-state index contributed by atoms with van der Waals surface area (Å²) in [6.45, 7) is 0. The maximum absolute atomic E-state index is 12.7. The van der Waals surface area contributed by atoms with E-state index in [0.717, 1.165) is 0 Å². The van der Waals surface area contributed by atoms with Gasteiger partial charge < -0.3 is 19.3 Å². The van der Waals surface area contributed by atoms with Crippen molar-refractivity contribution in [2.45, 2.75) is 17.7 Å². The molecule has 10 nitrogen and oxygen atoms in total. The number of nitrogens with one attached hydrogen (secondary N) is 2. The van der Waals surface area contributed by atoms with Crippen molar-refractivity contribution in [3.05, 3.63) is 76.6 Å². The van der Waals surface area contributed by atoms with Gasteiger partial charge in [0.05, 0.1) is 34.8 Å². The number of methoxy groups -OCH3 is 2. The first-order valence-corrected chi connectivity index (χ1v) is 13.3. The second-order valence-corrected chi connectivity index (χ2v) is 10.4. The number of carbonyl (C=O) groups is 1. The van der Waals surface area contributed by atoms with Gasteiger partial charge in [-0.25, -0.2) is 8.42 Å². The number of nitrogens with zero attached hydrogens (tertiary/aromatic N) is 2. The predicted molar refractivity (Wildman–Crippen MR) is 144 cm³/mol. The highest BCUT2D eigenvalue weighted by atomic mass is 35.5. The molecule has 4 aromatic rings. The Labute approximate surface area is 228 Å². The Morgan fingerprint density at radius 3 is 2.32 bits per heavy atom. The number of rotatable bonds is 10. The fourth-order valence-electron chi connectivity index (χ4n) is 3.38. The lowest BCUT2D eigenvalue weighted by Crippen LogP contribution is -2.14. The Morgan fingerprint density at radius 2 is 1.63 bits per heavy atom. The van der Waals surface area contributed by atoms with Crippen LogP contribution >= 0.6 is 23.2 Å². The van der Waals surface area contributed by atoms with E-state index in [9.17, 15) is 13.2 Å². The Balaban J connectivity index is 1.33. The summed E-state index contributed by atoms with van der Waals surface area (Å²) in [6, 6.07) is 15.4. The second kappa shape index (κ2) is 11.7. The maximum Gasteiger partial charge on any atom is 0.261 e. The lowest BCUT2D eigenvalue weighted by atomic mass is 10.2. The number of amides is 1. The van der Waals surface area contributed by atoms with Gasteiger partial charge in [0.2, 0.25) is 17.6 Å². The summed E-state index contributed by atoms with van der Waals surface area (Å²) in [5.74, 6) is 1.44. The lowest BCUT2D eigenvalue weighted by Gasteiger charge is -2.10. The molecule has 0 saturated carbocycles. The zero-order chi connectivity index (χ0) is 27.3. The van der Waals surface area contributed by atoms with Crippen molar-refractivity contribution in [3.8, 4) is 22.9 Å². The van der Waals surface area contributed by atoms with Crippen LogP contribution < -0.4 is 19.5 Å². The maximum atomic E-state index is 12.7. The Kier molecular flexibility index (Phi) is 8.40. The number of halogens is 2.